The fourth-order valence-corrected chi connectivity index (χ4v) is 5.43. The number of carbonyl (C=O) groups is 2. The Labute approximate surface area is 252 Å². The fourth-order valence-electron chi connectivity index (χ4n) is 5.43. The molecule has 1 fully saturated rings. The molecular formula is C33H42F2N6O2. The number of aromatic nitrogens is 2. The molecule has 0 spiro atoms. The highest BCUT2D eigenvalue weighted by Gasteiger charge is 2.34. The fraction of sp³-hybridized carbons (Fsp3) is 0.455. The van der Waals surface area contributed by atoms with E-state index >= 15 is 0 Å². The van der Waals surface area contributed by atoms with E-state index in [4.69, 9.17) is 0 Å². The van der Waals surface area contributed by atoms with Gasteiger partial charge >= 0.3 is 0 Å². The third-order valence-electron chi connectivity index (χ3n) is 8.37. The number of likely N-dealkylation sites (N-methyl/N-ethyl adjacent to an activating group) is 1. The Morgan fingerprint density at radius 3 is 2.47 bits per heavy atom. The van der Waals surface area contributed by atoms with Crippen LogP contribution < -0.4 is 16.0 Å². The Balaban J connectivity index is 1.47. The second-order valence-electron chi connectivity index (χ2n) is 11.6. The molecule has 1 aliphatic carbocycles. The minimum atomic E-state index is -2.58. The number of rotatable bonds is 11. The van der Waals surface area contributed by atoms with Crippen LogP contribution in [0.4, 0.5) is 14.5 Å². The van der Waals surface area contributed by atoms with E-state index in [9.17, 15) is 18.4 Å². The van der Waals surface area contributed by atoms with Crippen LogP contribution in [0.15, 0.2) is 72.4 Å². The van der Waals surface area contributed by atoms with Crippen LogP contribution in [-0.4, -0.2) is 58.8 Å². The second-order valence-corrected chi connectivity index (χ2v) is 11.6. The molecule has 2 aromatic rings. The summed E-state index contributed by atoms with van der Waals surface area (Å²) in [6, 6.07) is 5.39. The molecule has 8 nitrogen and oxygen atoms in total. The predicted octanol–water partition coefficient (Wildman–Crippen LogP) is 5.51. The lowest BCUT2D eigenvalue weighted by atomic mass is 9.74. The van der Waals surface area contributed by atoms with Gasteiger partial charge in [-0.1, -0.05) is 45.6 Å². The van der Waals surface area contributed by atoms with Crippen molar-refractivity contribution in [3.05, 3.63) is 89.2 Å². The lowest BCUT2D eigenvalue weighted by Gasteiger charge is -2.33. The third kappa shape index (κ3) is 7.93. The molecule has 3 heterocycles. The minimum Gasteiger partial charge on any atom is -0.388 e. The molecule has 1 atom stereocenters. The number of alkyl halides is 2. The molecule has 4 rings (SSSR count). The second kappa shape index (κ2) is 13.6. The topological polar surface area (TPSA) is 99.2 Å². The van der Waals surface area contributed by atoms with Crippen molar-refractivity contribution in [3.8, 4) is 0 Å². The van der Waals surface area contributed by atoms with E-state index in [2.05, 4.69) is 45.5 Å². The van der Waals surface area contributed by atoms with Crippen LogP contribution >= 0.6 is 0 Å². The van der Waals surface area contributed by atoms with E-state index in [1.54, 1.807) is 25.4 Å². The normalized spacial score (nSPS) is 20.2. The first-order valence-corrected chi connectivity index (χ1v) is 14.9. The number of anilines is 1. The average Bonchev–Trinajstić information content (AvgIpc) is 3.01. The molecule has 0 bridgehead atoms. The van der Waals surface area contributed by atoms with Gasteiger partial charge in [0.15, 0.2) is 0 Å². The molecule has 3 N–H and O–H groups in total. The van der Waals surface area contributed by atoms with Crippen molar-refractivity contribution in [3.63, 3.8) is 0 Å². The predicted molar refractivity (Wildman–Crippen MR) is 165 cm³/mol. The van der Waals surface area contributed by atoms with Gasteiger partial charge in [0.05, 0.1) is 11.9 Å². The molecule has 230 valence electrons. The van der Waals surface area contributed by atoms with Gasteiger partial charge in [-0.05, 0) is 42.5 Å². The maximum atomic E-state index is 13.6. The SMILES string of the molecule is C=C(C(=O)Nc1ccc(C(=O)NC(CC)CC)nc1)C1=CC(C)(c2cncc(CN3CCC(F)(F)CC3)c2)CC=C1NC. The van der Waals surface area contributed by atoms with Gasteiger partial charge in [0.1, 0.15) is 5.69 Å². The quantitative estimate of drug-likeness (QED) is 0.298. The van der Waals surface area contributed by atoms with Gasteiger partial charge in [0, 0.05) is 80.2 Å². The van der Waals surface area contributed by atoms with E-state index in [0.717, 1.165) is 29.7 Å². The van der Waals surface area contributed by atoms with E-state index < -0.39 is 11.3 Å². The number of halogens is 2. The van der Waals surface area contributed by atoms with Gasteiger partial charge in [-0.2, -0.15) is 0 Å². The average molecular weight is 593 g/mol. The number of hydrogen-bond acceptors (Lipinski definition) is 6. The number of likely N-dealkylation sites (tertiary alicyclic amines) is 1. The number of piperidine rings is 1. The Morgan fingerprint density at radius 2 is 1.84 bits per heavy atom. The summed E-state index contributed by atoms with van der Waals surface area (Å²) in [7, 11) is 1.80. The summed E-state index contributed by atoms with van der Waals surface area (Å²) in [6.07, 6.45) is 11.2. The van der Waals surface area contributed by atoms with Crippen molar-refractivity contribution in [1.82, 2.24) is 25.5 Å². The molecule has 0 aromatic carbocycles. The summed E-state index contributed by atoms with van der Waals surface area (Å²) >= 11 is 0. The van der Waals surface area contributed by atoms with E-state index in [1.807, 2.05) is 37.1 Å². The van der Waals surface area contributed by atoms with Crippen molar-refractivity contribution in [2.45, 2.75) is 76.8 Å². The van der Waals surface area contributed by atoms with Gasteiger partial charge in [-0.25, -0.2) is 13.8 Å². The monoisotopic (exact) mass is 592 g/mol. The maximum absolute atomic E-state index is 13.6. The molecule has 1 unspecified atom stereocenters. The molecule has 10 heteroatoms. The Kier molecular flexibility index (Phi) is 10.1. The highest BCUT2D eigenvalue weighted by atomic mass is 19.3. The minimum absolute atomic E-state index is 0.0877. The zero-order chi connectivity index (χ0) is 31.2. The number of amides is 2. The highest BCUT2D eigenvalue weighted by molar-refractivity contribution is 6.07. The van der Waals surface area contributed by atoms with Crippen molar-refractivity contribution in [1.29, 1.82) is 0 Å². The number of nitrogens with zero attached hydrogens (tertiary/aromatic N) is 3. The lowest BCUT2D eigenvalue weighted by molar-refractivity contribution is -0.112. The van der Waals surface area contributed by atoms with Crippen LogP contribution in [-0.2, 0) is 16.8 Å². The summed E-state index contributed by atoms with van der Waals surface area (Å²) in [5.41, 5.74) is 3.94. The molecule has 2 aromatic heterocycles. The first-order valence-electron chi connectivity index (χ1n) is 14.9. The van der Waals surface area contributed by atoms with E-state index in [-0.39, 0.29) is 42.0 Å². The molecule has 1 saturated heterocycles. The van der Waals surface area contributed by atoms with Crippen LogP contribution in [0.3, 0.4) is 0 Å². The maximum Gasteiger partial charge on any atom is 0.270 e. The van der Waals surface area contributed by atoms with Gasteiger partial charge in [-0.3, -0.25) is 19.5 Å². The van der Waals surface area contributed by atoms with Gasteiger partial charge in [-0.15, -0.1) is 0 Å². The van der Waals surface area contributed by atoms with Crippen molar-refractivity contribution >= 4 is 17.5 Å². The molecule has 2 amide bonds. The number of pyridine rings is 2. The number of hydrogen-bond donors (Lipinski definition) is 3. The number of carbonyl (C=O) groups excluding carboxylic acids is 2. The van der Waals surface area contributed by atoms with Crippen LogP contribution in [0, 0.1) is 0 Å². The summed E-state index contributed by atoms with van der Waals surface area (Å²) in [5, 5.41) is 8.97. The van der Waals surface area contributed by atoms with Crippen LogP contribution in [0.1, 0.15) is 74.5 Å². The first-order chi connectivity index (χ1) is 20.5. The molecule has 2 aliphatic rings. The highest BCUT2D eigenvalue weighted by Crippen LogP contribution is 2.38. The van der Waals surface area contributed by atoms with Gasteiger partial charge in [0.2, 0.25) is 0 Å². The van der Waals surface area contributed by atoms with Crippen molar-refractivity contribution in [2.24, 2.45) is 0 Å². The number of allylic oxidation sites excluding steroid dienone is 3. The molecule has 0 radical (unpaired) electrons. The van der Waals surface area contributed by atoms with Gasteiger partial charge < -0.3 is 16.0 Å². The summed E-state index contributed by atoms with van der Waals surface area (Å²) in [4.78, 5) is 36.5. The molecular weight excluding hydrogens is 550 g/mol. The molecule has 0 saturated carbocycles. The molecule has 43 heavy (non-hydrogen) atoms. The smallest absolute Gasteiger partial charge is 0.270 e. The zero-order valence-corrected chi connectivity index (χ0v) is 25.5. The van der Waals surface area contributed by atoms with Crippen LogP contribution in [0.25, 0.3) is 0 Å². The summed E-state index contributed by atoms with van der Waals surface area (Å²) in [5.74, 6) is -3.22. The Hall–Kier alpha value is -3.92. The standard InChI is InChI=1S/C33H42F2N6O2/c1-6-25(7-2)39-31(43)29-9-8-26(20-38-29)40-30(42)22(3)27-17-32(4,11-10-28(27)36-5)24-16-23(18-37-19-24)21-41-14-12-33(34,35)13-15-41/h8-10,16-20,25,36H,3,6-7,11-15,21H2,1-2,4-5H3,(H,39,43)(H,40,42). The summed E-state index contributed by atoms with van der Waals surface area (Å²) in [6.45, 7) is 11.5. The largest absolute Gasteiger partial charge is 0.388 e. The molecule has 1 aliphatic heterocycles. The van der Waals surface area contributed by atoms with Crippen LogP contribution in [0.5, 0.6) is 0 Å². The lowest BCUT2D eigenvalue weighted by Crippen LogP contribution is -2.38. The Bertz CT molecular complexity index is 1390. The van der Waals surface area contributed by atoms with E-state index in [0.29, 0.717) is 37.3 Å². The van der Waals surface area contributed by atoms with E-state index in [1.165, 1.54) is 6.20 Å². The van der Waals surface area contributed by atoms with Gasteiger partial charge in [0.25, 0.3) is 17.7 Å². The number of nitrogens with one attached hydrogen (secondary N) is 3. The van der Waals surface area contributed by atoms with Crippen molar-refractivity contribution < 1.29 is 18.4 Å². The Morgan fingerprint density at radius 1 is 1.12 bits per heavy atom. The van der Waals surface area contributed by atoms with Crippen molar-refractivity contribution in [2.75, 3.05) is 25.5 Å². The van der Waals surface area contributed by atoms with Crippen LogP contribution in [0.2, 0.25) is 0 Å². The zero-order valence-electron chi connectivity index (χ0n) is 25.5. The first kappa shape index (κ1) is 32.0. The summed E-state index contributed by atoms with van der Waals surface area (Å²) < 4.78 is 27.2. The third-order valence-corrected chi connectivity index (χ3v) is 8.37.